The molecule has 1 atom stereocenters. The summed E-state index contributed by atoms with van der Waals surface area (Å²) in [4.78, 5) is 37.0. The number of rotatable bonds is 5. The second kappa shape index (κ2) is 7.85. The van der Waals surface area contributed by atoms with Crippen molar-refractivity contribution in [2.75, 3.05) is 23.9 Å². The Hall–Kier alpha value is -3.13. The van der Waals surface area contributed by atoms with E-state index in [1.54, 1.807) is 6.07 Å². The van der Waals surface area contributed by atoms with E-state index in [0.29, 0.717) is 11.4 Å². The van der Waals surface area contributed by atoms with Crippen LogP contribution in [0.4, 0.5) is 17.1 Å². The lowest BCUT2D eigenvalue weighted by Gasteiger charge is -2.20. The monoisotopic (exact) mass is 403 g/mol. The summed E-state index contributed by atoms with van der Waals surface area (Å²) in [5.41, 5.74) is 1.52. The van der Waals surface area contributed by atoms with Crippen LogP contribution in [0.15, 0.2) is 36.4 Å². The van der Waals surface area contributed by atoms with Crippen molar-refractivity contribution in [3.05, 3.63) is 57.1 Å². The number of ether oxygens (including phenoxy) is 1. The number of nitro benzene ring substituents is 1. The number of nitrogens with one attached hydrogen (secondary N) is 1. The van der Waals surface area contributed by atoms with Gasteiger partial charge < -0.3 is 15.0 Å². The summed E-state index contributed by atoms with van der Waals surface area (Å²) in [5.74, 6) is -0.700. The van der Waals surface area contributed by atoms with Gasteiger partial charge in [0.05, 0.1) is 34.3 Å². The quantitative estimate of drug-likeness (QED) is 0.607. The molecule has 0 spiro atoms. The highest BCUT2D eigenvalue weighted by Crippen LogP contribution is 2.35. The Morgan fingerprint density at radius 3 is 2.75 bits per heavy atom. The van der Waals surface area contributed by atoms with Gasteiger partial charge in [-0.3, -0.25) is 19.7 Å². The molecule has 9 heteroatoms. The lowest BCUT2D eigenvalue weighted by molar-refractivity contribution is -0.384. The van der Waals surface area contributed by atoms with Gasteiger partial charge in [-0.1, -0.05) is 17.7 Å². The summed E-state index contributed by atoms with van der Waals surface area (Å²) >= 11 is 6.03. The van der Waals surface area contributed by atoms with E-state index in [2.05, 4.69) is 5.32 Å². The Morgan fingerprint density at radius 1 is 1.32 bits per heavy atom. The average molecular weight is 404 g/mol. The van der Waals surface area contributed by atoms with E-state index >= 15 is 0 Å². The summed E-state index contributed by atoms with van der Waals surface area (Å²) in [6, 6.07) is 9.26. The molecule has 0 saturated carbocycles. The molecule has 8 nitrogen and oxygen atoms in total. The molecule has 0 aromatic heterocycles. The third kappa shape index (κ3) is 3.91. The zero-order chi connectivity index (χ0) is 20.4. The topological polar surface area (TPSA) is 102 Å². The van der Waals surface area contributed by atoms with Crippen LogP contribution in [0, 0.1) is 23.0 Å². The lowest BCUT2D eigenvalue weighted by Crippen LogP contribution is -2.28. The molecule has 0 aliphatic carbocycles. The van der Waals surface area contributed by atoms with Crippen LogP contribution in [-0.4, -0.2) is 30.4 Å². The van der Waals surface area contributed by atoms with Gasteiger partial charge in [0.1, 0.15) is 5.75 Å². The minimum atomic E-state index is -0.618. The number of anilines is 2. The number of nitro groups is 1. The smallest absolute Gasteiger partial charge is 0.271 e. The SMILES string of the molecule is COc1ccc(C)cc1N1CC(C(=O)Nc2cc([N+](=O)[O-])ccc2Cl)CC1=O. The fraction of sp³-hybridized carbons (Fsp3) is 0.263. The molecular formula is C19H18ClN3O5. The standard InChI is InChI=1S/C19H18ClN3O5/c1-11-3-6-17(28-2)16(7-11)22-10-12(8-18(22)24)19(25)21-15-9-13(23(26)27)4-5-14(15)20/h3-7,9,12H,8,10H2,1-2H3,(H,21,25). The molecule has 2 aromatic carbocycles. The van der Waals surface area contributed by atoms with Crippen LogP contribution in [-0.2, 0) is 9.59 Å². The summed E-state index contributed by atoms with van der Waals surface area (Å²) in [7, 11) is 1.52. The van der Waals surface area contributed by atoms with Gasteiger partial charge >= 0.3 is 0 Å². The highest BCUT2D eigenvalue weighted by atomic mass is 35.5. The maximum Gasteiger partial charge on any atom is 0.271 e. The highest BCUT2D eigenvalue weighted by molar-refractivity contribution is 6.33. The number of non-ortho nitro benzene ring substituents is 1. The van der Waals surface area contributed by atoms with Crippen molar-refractivity contribution in [3.63, 3.8) is 0 Å². The first-order chi connectivity index (χ1) is 13.3. The van der Waals surface area contributed by atoms with Gasteiger partial charge in [0.25, 0.3) is 5.69 Å². The zero-order valence-electron chi connectivity index (χ0n) is 15.3. The summed E-state index contributed by atoms with van der Waals surface area (Å²) in [5, 5.41) is 13.7. The maximum atomic E-state index is 12.6. The molecule has 2 amide bonds. The summed E-state index contributed by atoms with van der Waals surface area (Å²) in [6.07, 6.45) is 0.0233. The average Bonchev–Trinajstić information content (AvgIpc) is 3.05. The molecule has 1 unspecified atom stereocenters. The zero-order valence-corrected chi connectivity index (χ0v) is 16.0. The van der Waals surface area contributed by atoms with Gasteiger partial charge in [-0.15, -0.1) is 0 Å². The summed E-state index contributed by atoms with van der Waals surface area (Å²) in [6.45, 7) is 2.08. The maximum absolute atomic E-state index is 12.6. The first kappa shape index (κ1) is 19.6. The second-order valence-corrected chi connectivity index (χ2v) is 6.90. The number of methoxy groups -OCH3 is 1. The van der Waals surface area contributed by atoms with Crippen molar-refractivity contribution in [3.8, 4) is 5.75 Å². The number of hydrogen-bond acceptors (Lipinski definition) is 5. The number of benzene rings is 2. The van der Waals surface area contributed by atoms with Gasteiger partial charge in [-0.2, -0.15) is 0 Å². The molecule has 1 saturated heterocycles. The Labute approximate surface area is 166 Å². The second-order valence-electron chi connectivity index (χ2n) is 6.49. The van der Waals surface area contributed by atoms with Gasteiger partial charge in [-0.05, 0) is 30.7 Å². The predicted molar refractivity (Wildman–Crippen MR) is 105 cm³/mol. The first-order valence-corrected chi connectivity index (χ1v) is 8.87. The van der Waals surface area contributed by atoms with Crippen molar-refractivity contribution in [2.24, 2.45) is 5.92 Å². The third-order valence-corrected chi connectivity index (χ3v) is 4.87. The van der Waals surface area contributed by atoms with Crippen molar-refractivity contribution in [1.29, 1.82) is 0 Å². The van der Waals surface area contributed by atoms with Crippen molar-refractivity contribution in [1.82, 2.24) is 0 Å². The molecular weight excluding hydrogens is 386 g/mol. The number of carbonyl (C=O) groups excluding carboxylic acids is 2. The molecule has 3 rings (SSSR count). The molecule has 0 radical (unpaired) electrons. The van der Waals surface area contributed by atoms with E-state index in [4.69, 9.17) is 16.3 Å². The highest BCUT2D eigenvalue weighted by Gasteiger charge is 2.36. The third-order valence-electron chi connectivity index (χ3n) is 4.54. The summed E-state index contributed by atoms with van der Waals surface area (Å²) < 4.78 is 5.33. The van der Waals surface area contributed by atoms with Gasteiger partial charge in [-0.25, -0.2) is 0 Å². The van der Waals surface area contributed by atoms with E-state index in [-0.39, 0.29) is 35.3 Å². The molecule has 1 heterocycles. The Kier molecular flexibility index (Phi) is 5.51. The molecule has 1 aliphatic heterocycles. The minimum absolute atomic E-state index is 0.0233. The number of carbonyl (C=O) groups is 2. The largest absolute Gasteiger partial charge is 0.495 e. The molecule has 1 fully saturated rings. The molecule has 1 N–H and O–H groups in total. The molecule has 2 aromatic rings. The van der Waals surface area contributed by atoms with Crippen LogP contribution < -0.4 is 15.0 Å². The first-order valence-electron chi connectivity index (χ1n) is 8.50. The molecule has 146 valence electrons. The fourth-order valence-corrected chi connectivity index (χ4v) is 3.25. The van der Waals surface area contributed by atoms with Crippen LogP contribution in [0.25, 0.3) is 0 Å². The molecule has 28 heavy (non-hydrogen) atoms. The van der Waals surface area contributed by atoms with E-state index in [1.165, 1.54) is 30.2 Å². The number of amides is 2. The van der Waals surface area contributed by atoms with E-state index in [9.17, 15) is 19.7 Å². The Morgan fingerprint density at radius 2 is 2.07 bits per heavy atom. The van der Waals surface area contributed by atoms with E-state index < -0.39 is 16.7 Å². The van der Waals surface area contributed by atoms with Crippen LogP contribution in [0.5, 0.6) is 5.75 Å². The van der Waals surface area contributed by atoms with Crippen LogP contribution >= 0.6 is 11.6 Å². The number of aryl methyl sites for hydroxylation is 1. The Balaban J connectivity index is 1.79. The lowest BCUT2D eigenvalue weighted by atomic mass is 10.1. The predicted octanol–water partition coefficient (Wildman–Crippen LogP) is 3.56. The van der Waals surface area contributed by atoms with Crippen LogP contribution in [0.3, 0.4) is 0 Å². The normalized spacial score (nSPS) is 16.2. The fourth-order valence-electron chi connectivity index (χ4n) is 3.08. The van der Waals surface area contributed by atoms with Crippen molar-refractivity contribution < 1.29 is 19.2 Å². The van der Waals surface area contributed by atoms with Crippen molar-refractivity contribution >= 4 is 40.5 Å². The number of halogens is 1. The van der Waals surface area contributed by atoms with Crippen LogP contribution in [0.2, 0.25) is 5.02 Å². The van der Waals surface area contributed by atoms with E-state index in [0.717, 1.165) is 5.56 Å². The molecule has 1 aliphatic rings. The Bertz CT molecular complexity index is 963. The van der Waals surface area contributed by atoms with E-state index in [1.807, 2.05) is 19.1 Å². The van der Waals surface area contributed by atoms with Gasteiger partial charge in [0.15, 0.2) is 0 Å². The number of hydrogen-bond donors (Lipinski definition) is 1. The molecule has 0 bridgehead atoms. The number of nitrogens with zero attached hydrogens (tertiary/aromatic N) is 2. The van der Waals surface area contributed by atoms with Gasteiger partial charge in [0, 0.05) is 25.1 Å². The van der Waals surface area contributed by atoms with Gasteiger partial charge in [0.2, 0.25) is 11.8 Å². The van der Waals surface area contributed by atoms with Crippen molar-refractivity contribution in [2.45, 2.75) is 13.3 Å². The van der Waals surface area contributed by atoms with Crippen LogP contribution in [0.1, 0.15) is 12.0 Å². The minimum Gasteiger partial charge on any atom is -0.495 e.